The van der Waals surface area contributed by atoms with Crippen LogP contribution in [-0.4, -0.2) is 29.7 Å². The van der Waals surface area contributed by atoms with Crippen molar-refractivity contribution in [2.45, 2.75) is 25.4 Å². The molecule has 0 aliphatic carbocycles. The molecule has 1 aromatic heterocycles. The second-order valence-corrected chi connectivity index (χ2v) is 6.65. The van der Waals surface area contributed by atoms with Gasteiger partial charge in [0.2, 0.25) is 0 Å². The Hall–Kier alpha value is -3.29. The molecule has 1 saturated heterocycles. The summed E-state index contributed by atoms with van der Waals surface area (Å²) in [5.74, 6) is 0.578. The third kappa shape index (κ3) is 2.92. The number of fused-ring (bicyclic) bond motifs is 1. The lowest BCUT2D eigenvalue weighted by molar-refractivity contribution is -0.124. The number of hydrogen-bond acceptors (Lipinski definition) is 5. The van der Waals surface area contributed by atoms with E-state index in [0.717, 1.165) is 6.42 Å². The first-order chi connectivity index (χ1) is 13.0. The Labute approximate surface area is 155 Å². The van der Waals surface area contributed by atoms with Gasteiger partial charge in [0.05, 0.1) is 19.8 Å². The van der Waals surface area contributed by atoms with Crippen LogP contribution in [0, 0.1) is 6.92 Å². The summed E-state index contributed by atoms with van der Waals surface area (Å²) < 4.78 is 12.8. The number of hydrogen-bond donors (Lipinski definition) is 2. The number of imide groups is 1. The van der Waals surface area contributed by atoms with E-state index in [1.54, 1.807) is 43.5 Å². The predicted molar refractivity (Wildman–Crippen MR) is 95.8 cm³/mol. The summed E-state index contributed by atoms with van der Waals surface area (Å²) in [5.41, 5.74) is -0.570. The molecule has 1 fully saturated rings. The van der Waals surface area contributed by atoms with E-state index in [1.807, 2.05) is 0 Å². The maximum atomic E-state index is 12.8. The lowest BCUT2D eigenvalue weighted by atomic mass is 9.89. The van der Waals surface area contributed by atoms with E-state index in [4.69, 9.17) is 9.47 Å². The van der Waals surface area contributed by atoms with Gasteiger partial charge in [0, 0.05) is 18.2 Å². The maximum absolute atomic E-state index is 12.8. The zero-order valence-electron chi connectivity index (χ0n) is 14.8. The number of benzene rings is 1. The largest absolute Gasteiger partial charge is 0.490 e. The average Bonchev–Trinajstić information content (AvgIpc) is 2.82. The summed E-state index contributed by atoms with van der Waals surface area (Å²) in [6.07, 6.45) is 2.35. The van der Waals surface area contributed by atoms with Crippen molar-refractivity contribution in [3.8, 4) is 11.5 Å². The van der Waals surface area contributed by atoms with Crippen molar-refractivity contribution in [3.05, 3.63) is 58.0 Å². The molecule has 0 radical (unpaired) electrons. The number of aryl methyl sites for hydroxylation is 1. The highest BCUT2D eigenvalue weighted by molar-refractivity contribution is 6.07. The normalized spacial score (nSPS) is 21.4. The van der Waals surface area contributed by atoms with E-state index < -0.39 is 17.5 Å². The summed E-state index contributed by atoms with van der Waals surface area (Å²) in [6.45, 7) is 2.71. The lowest BCUT2D eigenvalue weighted by Gasteiger charge is -2.28. The van der Waals surface area contributed by atoms with E-state index in [9.17, 15) is 14.4 Å². The van der Waals surface area contributed by atoms with Crippen molar-refractivity contribution >= 4 is 11.9 Å². The van der Waals surface area contributed by atoms with E-state index in [2.05, 4.69) is 10.6 Å². The van der Waals surface area contributed by atoms with Crippen LogP contribution in [-0.2, 0) is 16.9 Å². The van der Waals surface area contributed by atoms with Gasteiger partial charge in [-0.1, -0.05) is 12.1 Å². The van der Waals surface area contributed by atoms with Gasteiger partial charge in [-0.25, -0.2) is 4.79 Å². The first-order valence-corrected chi connectivity index (χ1v) is 8.69. The van der Waals surface area contributed by atoms with Crippen LogP contribution in [0.2, 0.25) is 0 Å². The molecule has 8 nitrogen and oxygen atoms in total. The number of urea groups is 1. The van der Waals surface area contributed by atoms with Crippen LogP contribution in [0.25, 0.3) is 0 Å². The minimum absolute atomic E-state index is 0.0370. The van der Waals surface area contributed by atoms with Gasteiger partial charge in [-0.2, -0.15) is 0 Å². The van der Waals surface area contributed by atoms with Crippen LogP contribution in [0.1, 0.15) is 17.5 Å². The zero-order valence-corrected chi connectivity index (χ0v) is 14.8. The van der Waals surface area contributed by atoms with Crippen LogP contribution in [0.15, 0.2) is 41.3 Å². The van der Waals surface area contributed by atoms with Crippen LogP contribution in [0.3, 0.4) is 0 Å². The van der Waals surface area contributed by atoms with Crippen LogP contribution in [0.4, 0.5) is 4.79 Å². The number of nitrogens with one attached hydrogen (secondary N) is 2. The highest BCUT2D eigenvalue weighted by Gasteiger charge is 2.48. The van der Waals surface area contributed by atoms with Gasteiger partial charge in [0.25, 0.3) is 11.5 Å². The fourth-order valence-corrected chi connectivity index (χ4v) is 3.36. The molecule has 0 saturated carbocycles. The van der Waals surface area contributed by atoms with E-state index in [1.165, 1.54) is 4.57 Å². The molecule has 0 spiro atoms. The summed E-state index contributed by atoms with van der Waals surface area (Å²) >= 11 is 0. The SMILES string of the molecule is Cc1cccn(CC2(c3ccc4c(c3)OCCCO4)NC(=O)NC2=O)c1=O. The molecule has 1 aromatic carbocycles. The van der Waals surface area contributed by atoms with Gasteiger partial charge in [-0.15, -0.1) is 0 Å². The molecule has 1 unspecified atom stereocenters. The number of pyridine rings is 1. The summed E-state index contributed by atoms with van der Waals surface area (Å²) in [4.78, 5) is 37.2. The Morgan fingerprint density at radius 1 is 1.11 bits per heavy atom. The van der Waals surface area contributed by atoms with Crippen molar-refractivity contribution in [1.82, 2.24) is 15.2 Å². The van der Waals surface area contributed by atoms with E-state index in [0.29, 0.717) is 35.8 Å². The second kappa shape index (κ2) is 6.46. The minimum atomic E-state index is -1.42. The van der Waals surface area contributed by atoms with Gasteiger partial charge in [0.1, 0.15) is 0 Å². The fourth-order valence-electron chi connectivity index (χ4n) is 3.36. The molecule has 3 heterocycles. The summed E-state index contributed by atoms with van der Waals surface area (Å²) in [5, 5.41) is 4.97. The highest BCUT2D eigenvalue weighted by atomic mass is 16.5. The average molecular weight is 369 g/mol. The molecule has 8 heteroatoms. The molecule has 3 amide bonds. The molecule has 4 rings (SSSR count). The van der Waals surface area contributed by atoms with E-state index >= 15 is 0 Å². The first kappa shape index (κ1) is 17.1. The smallest absolute Gasteiger partial charge is 0.322 e. The van der Waals surface area contributed by atoms with Crippen molar-refractivity contribution in [1.29, 1.82) is 0 Å². The third-order valence-corrected chi connectivity index (χ3v) is 4.80. The first-order valence-electron chi connectivity index (χ1n) is 8.69. The lowest BCUT2D eigenvalue weighted by Crippen LogP contribution is -2.49. The molecule has 2 aromatic rings. The Balaban J connectivity index is 1.82. The fraction of sp³-hybridized carbons (Fsp3) is 0.316. The van der Waals surface area contributed by atoms with Crippen LogP contribution in [0.5, 0.6) is 11.5 Å². The Kier molecular flexibility index (Phi) is 4.10. The number of rotatable bonds is 3. The molecule has 27 heavy (non-hydrogen) atoms. The molecule has 2 aliphatic heterocycles. The quantitative estimate of drug-likeness (QED) is 0.788. The van der Waals surface area contributed by atoms with Gasteiger partial charge in [0.15, 0.2) is 17.0 Å². The van der Waals surface area contributed by atoms with Gasteiger partial charge < -0.3 is 19.4 Å². The van der Waals surface area contributed by atoms with Gasteiger partial charge in [-0.3, -0.25) is 14.9 Å². The number of carbonyl (C=O) groups is 2. The number of aromatic nitrogens is 1. The van der Waals surface area contributed by atoms with Crippen LogP contribution >= 0.6 is 0 Å². The Bertz CT molecular complexity index is 984. The van der Waals surface area contributed by atoms with Crippen molar-refractivity contribution in [3.63, 3.8) is 0 Å². The summed E-state index contributed by atoms with van der Waals surface area (Å²) in [7, 11) is 0. The molecule has 1 atom stereocenters. The van der Waals surface area contributed by atoms with Crippen LogP contribution < -0.4 is 25.7 Å². The third-order valence-electron chi connectivity index (χ3n) is 4.80. The molecular formula is C19H19N3O5. The van der Waals surface area contributed by atoms with Crippen molar-refractivity contribution in [2.75, 3.05) is 13.2 Å². The highest BCUT2D eigenvalue weighted by Crippen LogP contribution is 2.36. The van der Waals surface area contributed by atoms with Gasteiger partial charge >= 0.3 is 6.03 Å². The molecule has 2 N–H and O–H groups in total. The number of ether oxygens (including phenoxy) is 2. The molecule has 140 valence electrons. The van der Waals surface area contributed by atoms with Crippen molar-refractivity contribution in [2.24, 2.45) is 0 Å². The Morgan fingerprint density at radius 2 is 1.89 bits per heavy atom. The summed E-state index contributed by atoms with van der Waals surface area (Å²) in [6, 6.07) is 7.94. The topological polar surface area (TPSA) is 98.7 Å². The molecule has 2 aliphatic rings. The number of carbonyl (C=O) groups excluding carboxylic acids is 2. The van der Waals surface area contributed by atoms with Crippen molar-refractivity contribution < 1.29 is 19.1 Å². The maximum Gasteiger partial charge on any atom is 0.322 e. The predicted octanol–water partition coefficient (Wildman–Crippen LogP) is 1.05. The van der Waals surface area contributed by atoms with Gasteiger partial charge in [-0.05, 0) is 30.7 Å². The zero-order chi connectivity index (χ0) is 19.0. The molecular weight excluding hydrogens is 350 g/mol. The monoisotopic (exact) mass is 369 g/mol. The molecule has 0 bridgehead atoms. The number of amides is 3. The number of nitrogens with zero attached hydrogens (tertiary/aromatic N) is 1. The van der Waals surface area contributed by atoms with E-state index in [-0.39, 0.29) is 12.1 Å². The minimum Gasteiger partial charge on any atom is -0.490 e. The second-order valence-electron chi connectivity index (χ2n) is 6.65. The standard InChI is InChI=1S/C19H19N3O5/c1-12-4-2-7-22(16(12)23)11-19(17(24)20-18(25)21-19)13-5-6-14-15(10-13)27-9-3-8-26-14/h2,4-7,10H,3,8-9,11H2,1H3,(H2,20,21,24,25). The Morgan fingerprint density at radius 3 is 2.63 bits per heavy atom.